The van der Waals surface area contributed by atoms with E-state index in [1.165, 1.54) is 12.7 Å². The first-order valence-electron chi connectivity index (χ1n) is 14.2. The van der Waals surface area contributed by atoms with E-state index in [4.69, 9.17) is 4.74 Å². The highest BCUT2D eigenvalue weighted by Gasteiger charge is 2.71. The van der Waals surface area contributed by atoms with Crippen LogP contribution < -0.4 is 0 Å². The van der Waals surface area contributed by atoms with Gasteiger partial charge in [-0.2, -0.15) is 5.26 Å². The van der Waals surface area contributed by atoms with Crippen LogP contribution in [0.5, 0.6) is 0 Å². The fourth-order valence-corrected chi connectivity index (χ4v) is 10.5. The lowest BCUT2D eigenvalue weighted by Crippen LogP contribution is -2.65. The van der Waals surface area contributed by atoms with Crippen LogP contribution in [-0.4, -0.2) is 24.0 Å². The van der Waals surface area contributed by atoms with Gasteiger partial charge in [0.2, 0.25) is 0 Å². The van der Waals surface area contributed by atoms with Crippen LogP contribution in [0.15, 0.2) is 23.0 Å². The molecule has 5 nitrogen and oxygen atoms in total. The summed E-state index contributed by atoms with van der Waals surface area (Å²) in [6.45, 7) is 15.6. The van der Waals surface area contributed by atoms with E-state index in [2.05, 4.69) is 54.5 Å². The third-order valence-corrected chi connectivity index (χ3v) is 12.7. The summed E-state index contributed by atoms with van der Waals surface area (Å²) in [5.41, 5.74) is -0.275. The summed E-state index contributed by atoms with van der Waals surface area (Å²) in [7, 11) is 1.49. The van der Waals surface area contributed by atoms with E-state index < -0.39 is 10.8 Å². The maximum Gasteiger partial charge on any atom is 0.312 e. The number of aliphatic hydroxyl groups excluding tert-OH is 1. The monoisotopic (exact) mass is 507 g/mol. The van der Waals surface area contributed by atoms with Gasteiger partial charge in [0.15, 0.2) is 5.78 Å². The Balaban J connectivity index is 1.68. The van der Waals surface area contributed by atoms with Gasteiger partial charge in [0, 0.05) is 11.3 Å². The van der Waals surface area contributed by atoms with Crippen molar-refractivity contribution in [2.24, 2.45) is 50.2 Å². The third-order valence-electron chi connectivity index (χ3n) is 12.7. The number of nitriles is 1. The number of ether oxygens (including phenoxy) is 1. The van der Waals surface area contributed by atoms with Crippen LogP contribution >= 0.6 is 0 Å². The number of fused-ring (bicyclic) bond motifs is 7. The molecule has 0 spiro atoms. The molecule has 202 valence electrons. The lowest BCUT2D eigenvalue weighted by molar-refractivity contribution is -0.192. The molecule has 7 atom stereocenters. The number of esters is 1. The van der Waals surface area contributed by atoms with Crippen molar-refractivity contribution in [2.75, 3.05) is 7.11 Å². The first-order valence-corrected chi connectivity index (χ1v) is 14.2. The van der Waals surface area contributed by atoms with Crippen LogP contribution in [0.2, 0.25) is 0 Å². The van der Waals surface area contributed by atoms with Crippen molar-refractivity contribution in [1.29, 1.82) is 5.26 Å². The highest BCUT2D eigenvalue weighted by Crippen LogP contribution is 2.75. The van der Waals surface area contributed by atoms with Gasteiger partial charge in [0.25, 0.3) is 0 Å². The highest BCUT2D eigenvalue weighted by molar-refractivity contribution is 5.96. The molecule has 1 N–H and O–H groups in total. The van der Waals surface area contributed by atoms with Crippen LogP contribution in [0.25, 0.3) is 0 Å². The molecule has 5 aliphatic carbocycles. The number of allylic oxidation sites excluding steroid dienone is 4. The average molecular weight is 508 g/mol. The first-order chi connectivity index (χ1) is 17.0. The van der Waals surface area contributed by atoms with Gasteiger partial charge in [-0.1, -0.05) is 54.0 Å². The summed E-state index contributed by atoms with van der Waals surface area (Å²) in [5, 5.41) is 20.9. The normalized spacial score (nSPS) is 45.9. The van der Waals surface area contributed by atoms with E-state index in [-0.39, 0.29) is 56.9 Å². The smallest absolute Gasteiger partial charge is 0.312 e. The minimum atomic E-state index is -0.581. The fourth-order valence-electron chi connectivity index (χ4n) is 10.5. The minimum Gasteiger partial charge on any atom is -0.511 e. The van der Waals surface area contributed by atoms with Crippen molar-refractivity contribution >= 4 is 11.8 Å². The lowest BCUT2D eigenvalue weighted by atomic mass is 9.34. The molecule has 0 unspecified atom stereocenters. The number of ketones is 1. The van der Waals surface area contributed by atoms with Gasteiger partial charge in [0.05, 0.1) is 24.2 Å². The van der Waals surface area contributed by atoms with E-state index in [0.29, 0.717) is 12.0 Å². The van der Waals surface area contributed by atoms with Gasteiger partial charge in [-0.15, -0.1) is 0 Å². The molecule has 0 saturated heterocycles. The zero-order chi connectivity index (χ0) is 27.4. The predicted octanol–water partition coefficient (Wildman–Crippen LogP) is 7.09. The molecule has 0 bridgehead atoms. The molecule has 0 aliphatic heterocycles. The highest BCUT2D eigenvalue weighted by atomic mass is 16.5. The number of carbonyl (C=O) groups excluding carboxylic acids is 2. The summed E-state index contributed by atoms with van der Waals surface area (Å²) >= 11 is 0. The van der Waals surface area contributed by atoms with Crippen LogP contribution in [0.1, 0.15) is 99.8 Å². The molecule has 0 heterocycles. The van der Waals surface area contributed by atoms with Crippen molar-refractivity contribution in [1.82, 2.24) is 0 Å². The van der Waals surface area contributed by atoms with Crippen molar-refractivity contribution in [3.8, 4) is 6.07 Å². The summed E-state index contributed by atoms with van der Waals surface area (Å²) in [4.78, 5) is 27.8. The van der Waals surface area contributed by atoms with E-state index >= 15 is 0 Å². The Morgan fingerprint density at radius 1 is 1.05 bits per heavy atom. The van der Waals surface area contributed by atoms with E-state index in [0.717, 1.165) is 44.9 Å². The van der Waals surface area contributed by atoms with E-state index in [1.54, 1.807) is 0 Å². The van der Waals surface area contributed by atoms with Crippen LogP contribution in [-0.2, 0) is 14.3 Å². The van der Waals surface area contributed by atoms with Gasteiger partial charge in [-0.25, -0.2) is 0 Å². The number of hydrogen-bond acceptors (Lipinski definition) is 5. The maximum absolute atomic E-state index is 14.4. The molecule has 5 rings (SSSR count). The van der Waals surface area contributed by atoms with E-state index in [9.17, 15) is 20.0 Å². The van der Waals surface area contributed by atoms with E-state index in [1.807, 2.05) is 6.08 Å². The summed E-state index contributed by atoms with van der Waals surface area (Å²) in [6, 6.07) is 2.29. The topological polar surface area (TPSA) is 87.4 Å². The number of carbonyl (C=O) groups is 2. The Labute approximate surface area is 222 Å². The number of aliphatic hydroxyl groups is 1. The third kappa shape index (κ3) is 3.14. The Morgan fingerprint density at radius 3 is 2.32 bits per heavy atom. The molecule has 0 aromatic heterocycles. The number of rotatable bonds is 1. The largest absolute Gasteiger partial charge is 0.511 e. The van der Waals surface area contributed by atoms with Gasteiger partial charge in [-0.05, 0) is 90.9 Å². The standard InChI is InChI=1S/C32H45NO4/c1-27(2)11-13-32(26(36)37-8)14-12-31(7)24(20(32)17-27)21(34)15-23-29(5)16-19(18-33)25(35)28(3,4)22(29)9-10-30(23,31)6/h15,20,22,24,35H,9-14,16-17H2,1-8H3/t20-,22-,24-,29+,30+,31-,32-/m0/s1. The Kier molecular flexibility index (Phi) is 5.54. The SMILES string of the molecule is COC(=O)[C@]12CCC(C)(C)C[C@H]1[C@H]1C(=O)C=C3[C@]4(C)CC(C#N)=C(O)C(C)(C)[C@@H]4CC[C@@]3(C)[C@@]1(C)CC2. The number of hydrogen-bond donors (Lipinski definition) is 1. The fraction of sp³-hybridized carbons (Fsp3) is 0.781. The zero-order valence-corrected chi connectivity index (χ0v) is 24.1. The van der Waals surface area contributed by atoms with Gasteiger partial charge in [-0.3, -0.25) is 9.59 Å². The quantitative estimate of drug-likeness (QED) is 0.383. The molecule has 3 fully saturated rings. The molecule has 0 aromatic rings. The molecule has 0 aromatic carbocycles. The second-order valence-corrected chi connectivity index (χ2v) is 15.2. The maximum atomic E-state index is 14.4. The van der Waals surface area contributed by atoms with Crippen LogP contribution in [0, 0.1) is 61.6 Å². The number of methoxy groups -OCH3 is 1. The van der Waals surface area contributed by atoms with Crippen LogP contribution in [0.4, 0.5) is 0 Å². The molecular formula is C32H45NO4. The Bertz CT molecular complexity index is 1170. The van der Waals surface area contributed by atoms with Crippen molar-refractivity contribution in [3.63, 3.8) is 0 Å². The Morgan fingerprint density at radius 2 is 1.70 bits per heavy atom. The molecule has 0 amide bonds. The van der Waals surface area contributed by atoms with Gasteiger partial charge >= 0.3 is 5.97 Å². The first kappa shape index (κ1) is 26.5. The second-order valence-electron chi connectivity index (χ2n) is 15.2. The van der Waals surface area contributed by atoms with Gasteiger partial charge in [0.1, 0.15) is 5.76 Å². The summed E-state index contributed by atoms with van der Waals surface area (Å²) < 4.78 is 5.42. The van der Waals surface area contributed by atoms with Crippen LogP contribution in [0.3, 0.4) is 0 Å². The molecule has 0 radical (unpaired) electrons. The predicted molar refractivity (Wildman–Crippen MR) is 142 cm³/mol. The number of nitrogens with zero attached hydrogens (tertiary/aromatic N) is 1. The molecular weight excluding hydrogens is 462 g/mol. The average Bonchev–Trinajstić information content (AvgIpc) is 2.82. The molecule has 37 heavy (non-hydrogen) atoms. The van der Waals surface area contributed by atoms with Crippen molar-refractivity contribution in [3.05, 3.63) is 23.0 Å². The molecule has 3 saturated carbocycles. The van der Waals surface area contributed by atoms with Crippen molar-refractivity contribution in [2.45, 2.75) is 99.8 Å². The summed E-state index contributed by atoms with van der Waals surface area (Å²) in [5.74, 6) is 0.143. The Hall–Kier alpha value is -2.09. The van der Waals surface area contributed by atoms with Gasteiger partial charge < -0.3 is 9.84 Å². The summed E-state index contributed by atoms with van der Waals surface area (Å²) in [6.07, 6.45) is 8.50. The lowest BCUT2D eigenvalue weighted by Gasteiger charge is -2.69. The van der Waals surface area contributed by atoms with Crippen molar-refractivity contribution < 1.29 is 19.4 Å². The molecule has 5 heteroatoms. The minimum absolute atomic E-state index is 0.0310. The molecule has 5 aliphatic rings. The second kappa shape index (κ2) is 7.73. The zero-order valence-electron chi connectivity index (χ0n) is 24.1.